The van der Waals surface area contributed by atoms with E-state index in [9.17, 15) is 0 Å². The number of rotatable bonds is 6. The van der Waals surface area contributed by atoms with Crippen LogP contribution in [0.3, 0.4) is 0 Å². The van der Waals surface area contributed by atoms with Gasteiger partial charge >= 0.3 is 0 Å². The normalized spacial score (nSPS) is 10.6. The number of halogens is 1. The molecule has 4 aromatic carbocycles. The second-order valence-electron chi connectivity index (χ2n) is 6.35. The molecule has 0 aliphatic carbocycles. The molecule has 4 aromatic rings. The molecule has 0 saturated carbocycles. The first-order chi connectivity index (χ1) is 13.8. The molecule has 0 unspecified atom stereocenters. The van der Waals surface area contributed by atoms with Crippen LogP contribution in [0.15, 0.2) is 114 Å². The molecule has 0 bridgehead atoms. The molecular weight excluding hydrogens is 412 g/mol. The Morgan fingerprint density at radius 2 is 0.929 bits per heavy atom. The minimum atomic E-state index is -0.166. The number of hydrogen-bond donors (Lipinski definition) is 0. The van der Waals surface area contributed by atoms with Gasteiger partial charge in [-0.05, 0) is 59.7 Å². The molecular formula is C25H19BrO2. The third-order valence-corrected chi connectivity index (χ3v) is 4.86. The highest BCUT2D eigenvalue weighted by Crippen LogP contribution is 2.30. The average Bonchev–Trinajstić information content (AvgIpc) is 2.76. The summed E-state index contributed by atoms with van der Waals surface area (Å²) in [6, 6.07) is 36.0. The van der Waals surface area contributed by atoms with E-state index in [4.69, 9.17) is 9.47 Å². The molecule has 0 aliphatic rings. The lowest BCUT2D eigenvalue weighted by atomic mass is 10.0. The van der Waals surface area contributed by atoms with Crippen LogP contribution in [0.25, 0.3) is 0 Å². The first-order valence-electron chi connectivity index (χ1n) is 9.08. The second kappa shape index (κ2) is 8.77. The topological polar surface area (TPSA) is 18.5 Å². The van der Waals surface area contributed by atoms with E-state index in [1.54, 1.807) is 0 Å². The van der Waals surface area contributed by atoms with Crippen LogP contribution >= 0.6 is 15.9 Å². The fourth-order valence-corrected chi connectivity index (χ4v) is 3.21. The number of benzene rings is 4. The Balaban J connectivity index is 1.53. The van der Waals surface area contributed by atoms with Crippen LogP contribution in [0, 0.1) is 0 Å². The molecule has 0 aromatic heterocycles. The summed E-state index contributed by atoms with van der Waals surface area (Å²) in [4.78, 5) is 0. The summed E-state index contributed by atoms with van der Waals surface area (Å²) >= 11 is 3.43. The van der Waals surface area contributed by atoms with Gasteiger partial charge in [-0.15, -0.1) is 0 Å². The van der Waals surface area contributed by atoms with Crippen LogP contribution in [0.1, 0.15) is 17.2 Å². The molecule has 0 amide bonds. The Hall–Kier alpha value is -3.04. The van der Waals surface area contributed by atoms with Crippen molar-refractivity contribution in [2.45, 2.75) is 6.10 Å². The van der Waals surface area contributed by atoms with E-state index < -0.39 is 0 Å². The van der Waals surface area contributed by atoms with E-state index in [-0.39, 0.29) is 6.10 Å². The predicted molar refractivity (Wildman–Crippen MR) is 116 cm³/mol. The van der Waals surface area contributed by atoms with Crippen molar-refractivity contribution in [1.29, 1.82) is 0 Å². The third-order valence-electron chi connectivity index (χ3n) is 4.33. The van der Waals surface area contributed by atoms with E-state index in [0.29, 0.717) is 0 Å². The highest BCUT2D eigenvalue weighted by atomic mass is 79.9. The maximum absolute atomic E-state index is 6.35. The molecule has 0 radical (unpaired) electrons. The minimum Gasteiger partial charge on any atom is -0.481 e. The molecule has 0 atom stereocenters. The van der Waals surface area contributed by atoms with Crippen LogP contribution in [0.4, 0.5) is 0 Å². The molecule has 0 fully saturated rings. The summed E-state index contributed by atoms with van der Waals surface area (Å²) in [6.45, 7) is 0. The van der Waals surface area contributed by atoms with Gasteiger partial charge in [0, 0.05) is 4.47 Å². The van der Waals surface area contributed by atoms with Crippen molar-refractivity contribution in [1.82, 2.24) is 0 Å². The zero-order valence-corrected chi connectivity index (χ0v) is 16.8. The molecule has 28 heavy (non-hydrogen) atoms. The van der Waals surface area contributed by atoms with Gasteiger partial charge in [-0.1, -0.05) is 76.6 Å². The molecule has 3 heteroatoms. The second-order valence-corrected chi connectivity index (χ2v) is 7.26. The van der Waals surface area contributed by atoms with Gasteiger partial charge in [0.2, 0.25) is 0 Å². The fraction of sp³-hybridized carbons (Fsp3) is 0.0400. The Bertz CT molecular complexity index is 958. The average molecular weight is 431 g/mol. The minimum absolute atomic E-state index is 0.166. The predicted octanol–water partition coefficient (Wildman–Crippen LogP) is 7.41. The lowest BCUT2D eigenvalue weighted by Gasteiger charge is -2.20. The summed E-state index contributed by atoms with van der Waals surface area (Å²) < 4.78 is 13.3. The van der Waals surface area contributed by atoms with E-state index >= 15 is 0 Å². The van der Waals surface area contributed by atoms with Gasteiger partial charge in [-0.3, -0.25) is 0 Å². The summed E-state index contributed by atoms with van der Waals surface area (Å²) in [5.74, 6) is 2.36. The largest absolute Gasteiger partial charge is 0.481 e. The van der Waals surface area contributed by atoms with Crippen LogP contribution < -0.4 is 9.47 Å². The highest BCUT2D eigenvalue weighted by molar-refractivity contribution is 9.10. The van der Waals surface area contributed by atoms with Crippen molar-refractivity contribution in [3.63, 3.8) is 0 Å². The monoisotopic (exact) mass is 430 g/mol. The summed E-state index contributed by atoms with van der Waals surface area (Å²) in [6.07, 6.45) is -0.166. The Labute approximate surface area is 173 Å². The van der Waals surface area contributed by atoms with Crippen molar-refractivity contribution < 1.29 is 9.47 Å². The van der Waals surface area contributed by atoms with Crippen molar-refractivity contribution in [2.75, 3.05) is 0 Å². The van der Waals surface area contributed by atoms with E-state index in [1.807, 2.05) is 84.9 Å². The molecule has 0 saturated heterocycles. The van der Waals surface area contributed by atoms with Gasteiger partial charge in [-0.25, -0.2) is 0 Å². The smallest absolute Gasteiger partial charge is 0.149 e. The maximum atomic E-state index is 6.35. The molecule has 0 aliphatic heterocycles. The zero-order chi connectivity index (χ0) is 19.2. The molecule has 0 spiro atoms. The van der Waals surface area contributed by atoms with Crippen molar-refractivity contribution >= 4 is 15.9 Å². The van der Waals surface area contributed by atoms with Crippen LogP contribution in [0.2, 0.25) is 0 Å². The van der Waals surface area contributed by atoms with Gasteiger partial charge in [-0.2, -0.15) is 0 Å². The Kier molecular flexibility index (Phi) is 5.74. The first kappa shape index (κ1) is 18.3. The van der Waals surface area contributed by atoms with E-state index in [2.05, 4.69) is 40.2 Å². The van der Waals surface area contributed by atoms with Gasteiger partial charge in [0.1, 0.15) is 23.4 Å². The van der Waals surface area contributed by atoms with Crippen molar-refractivity contribution in [3.8, 4) is 17.2 Å². The van der Waals surface area contributed by atoms with Crippen molar-refractivity contribution in [3.05, 3.63) is 125 Å². The lowest BCUT2D eigenvalue weighted by molar-refractivity contribution is 0.247. The van der Waals surface area contributed by atoms with Gasteiger partial charge in [0.05, 0.1) is 0 Å². The molecule has 138 valence electrons. The highest BCUT2D eigenvalue weighted by Gasteiger charge is 2.15. The third kappa shape index (κ3) is 4.62. The first-order valence-corrected chi connectivity index (χ1v) is 9.87. The fourth-order valence-electron chi connectivity index (χ4n) is 2.95. The molecule has 0 heterocycles. The lowest BCUT2D eigenvalue weighted by Crippen LogP contribution is -2.09. The maximum Gasteiger partial charge on any atom is 0.149 e. The summed E-state index contributed by atoms with van der Waals surface area (Å²) in [5.41, 5.74) is 2.23. The SMILES string of the molecule is Brc1ccc(Oc2ccc(OC(c3ccccc3)c3ccccc3)cc2)cc1. The van der Waals surface area contributed by atoms with Crippen LogP contribution in [-0.2, 0) is 0 Å². The van der Waals surface area contributed by atoms with Crippen molar-refractivity contribution in [2.24, 2.45) is 0 Å². The van der Waals surface area contributed by atoms with Crippen LogP contribution in [-0.4, -0.2) is 0 Å². The van der Waals surface area contributed by atoms with Gasteiger partial charge in [0.25, 0.3) is 0 Å². The number of hydrogen-bond acceptors (Lipinski definition) is 2. The van der Waals surface area contributed by atoms with Gasteiger partial charge < -0.3 is 9.47 Å². The standard InChI is InChI=1S/C25H19BrO2/c26-21-11-13-22(14-12-21)27-23-15-17-24(18-16-23)28-25(19-7-3-1-4-8-19)20-9-5-2-6-10-20/h1-18,25H. The molecule has 4 rings (SSSR count). The van der Waals surface area contributed by atoms with Gasteiger partial charge in [0.15, 0.2) is 0 Å². The summed E-state index contributed by atoms with van der Waals surface area (Å²) in [5, 5.41) is 0. The quantitative estimate of drug-likeness (QED) is 0.317. The number of ether oxygens (including phenoxy) is 2. The van der Waals surface area contributed by atoms with E-state index in [1.165, 1.54) is 0 Å². The Morgan fingerprint density at radius 1 is 0.500 bits per heavy atom. The molecule has 2 nitrogen and oxygen atoms in total. The van der Waals surface area contributed by atoms with Crippen LogP contribution in [0.5, 0.6) is 17.2 Å². The van der Waals surface area contributed by atoms with E-state index in [0.717, 1.165) is 32.8 Å². The Morgan fingerprint density at radius 3 is 1.43 bits per heavy atom. The summed E-state index contributed by atoms with van der Waals surface area (Å²) in [7, 11) is 0. The zero-order valence-electron chi connectivity index (χ0n) is 15.2. The molecule has 0 N–H and O–H groups in total.